The zero-order valence-corrected chi connectivity index (χ0v) is 20.6. The van der Waals surface area contributed by atoms with Gasteiger partial charge in [0, 0.05) is 36.9 Å². The van der Waals surface area contributed by atoms with Crippen LogP contribution in [0.4, 0.5) is 5.95 Å². The molecular formula is C28H27ClN4O3. The highest BCUT2D eigenvalue weighted by Crippen LogP contribution is 2.30. The van der Waals surface area contributed by atoms with Gasteiger partial charge in [-0.2, -0.15) is 0 Å². The summed E-state index contributed by atoms with van der Waals surface area (Å²) < 4.78 is 0. The molecule has 0 spiro atoms. The molecule has 1 atom stereocenters. The van der Waals surface area contributed by atoms with Crippen LogP contribution in [0.1, 0.15) is 34.0 Å². The third-order valence-electron chi connectivity index (χ3n) is 5.71. The molecule has 184 valence electrons. The summed E-state index contributed by atoms with van der Waals surface area (Å²) in [5, 5.41) is 23.3. The maximum Gasteiger partial charge on any atom is 0.255 e. The Bertz CT molecular complexity index is 1330. The second-order valence-electron chi connectivity index (χ2n) is 8.41. The number of aromatic hydroxyl groups is 1. The van der Waals surface area contributed by atoms with E-state index in [-0.39, 0.29) is 30.2 Å². The molecule has 0 fully saturated rings. The molecule has 0 saturated heterocycles. The van der Waals surface area contributed by atoms with Crippen LogP contribution in [-0.2, 0) is 6.54 Å². The standard InChI is InChI=1S/C28H27ClN4O3/c1-33(18-19-8-3-2-4-9-19)28-31-17-23(26(32-28)22-12-5-6-13-24(22)29)27(36)30-15-14-25(35)20-10-7-11-21(34)16-20/h2-13,16-17,25,34-35H,14-15,18H2,1H3,(H,30,36). The number of halogens is 1. The Hall–Kier alpha value is -3.94. The van der Waals surface area contributed by atoms with Crippen LogP contribution in [0.25, 0.3) is 11.3 Å². The Kier molecular flexibility index (Phi) is 8.15. The molecule has 0 aliphatic carbocycles. The first-order valence-corrected chi connectivity index (χ1v) is 11.9. The summed E-state index contributed by atoms with van der Waals surface area (Å²) in [6, 6.07) is 23.6. The smallest absolute Gasteiger partial charge is 0.255 e. The summed E-state index contributed by atoms with van der Waals surface area (Å²) in [7, 11) is 1.89. The van der Waals surface area contributed by atoms with E-state index in [0.29, 0.717) is 34.3 Å². The number of aliphatic hydroxyl groups is 1. The number of phenols is 1. The van der Waals surface area contributed by atoms with Crippen LogP contribution < -0.4 is 10.2 Å². The number of nitrogens with one attached hydrogen (secondary N) is 1. The molecule has 1 unspecified atom stereocenters. The lowest BCUT2D eigenvalue weighted by atomic mass is 10.1. The molecule has 0 aliphatic rings. The van der Waals surface area contributed by atoms with Gasteiger partial charge in [0.25, 0.3) is 5.91 Å². The summed E-state index contributed by atoms with van der Waals surface area (Å²) in [5.41, 5.74) is 3.02. The maximum atomic E-state index is 13.1. The number of hydrogen-bond acceptors (Lipinski definition) is 6. The Morgan fingerprint density at radius 3 is 2.56 bits per heavy atom. The molecule has 1 amide bonds. The predicted octanol–water partition coefficient (Wildman–Crippen LogP) is 4.99. The number of carbonyl (C=O) groups is 1. The van der Waals surface area contributed by atoms with Gasteiger partial charge in [-0.25, -0.2) is 9.97 Å². The third kappa shape index (κ3) is 6.19. The van der Waals surface area contributed by atoms with Crippen LogP contribution in [0.2, 0.25) is 5.02 Å². The minimum absolute atomic E-state index is 0.0782. The van der Waals surface area contributed by atoms with E-state index in [9.17, 15) is 15.0 Å². The number of aromatic nitrogens is 2. The average Bonchev–Trinajstić information content (AvgIpc) is 2.89. The first-order chi connectivity index (χ1) is 17.4. The summed E-state index contributed by atoms with van der Waals surface area (Å²) >= 11 is 6.46. The van der Waals surface area contributed by atoms with Gasteiger partial charge in [0.05, 0.1) is 17.4 Å². The van der Waals surface area contributed by atoms with E-state index >= 15 is 0 Å². The van der Waals surface area contributed by atoms with Gasteiger partial charge >= 0.3 is 0 Å². The molecule has 8 heteroatoms. The predicted molar refractivity (Wildman–Crippen MR) is 141 cm³/mol. The van der Waals surface area contributed by atoms with Crippen molar-refractivity contribution in [1.82, 2.24) is 15.3 Å². The highest BCUT2D eigenvalue weighted by atomic mass is 35.5. The lowest BCUT2D eigenvalue weighted by Gasteiger charge is -2.19. The molecule has 0 radical (unpaired) electrons. The van der Waals surface area contributed by atoms with Gasteiger partial charge in [-0.1, -0.05) is 72.3 Å². The van der Waals surface area contributed by atoms with Crippen molar-refractivity contribution in [3.05, 3.63) is 107 Å². The van der Waals surface area contributed by atoms with Gasteiger partial charge in [-0.3, -0.25) is 4.79 Å². The molecule has 4 rings (SSSR count). The van der Waals surface area contributed by atoms with Crippen molar-refractivity contribution < 1.29 is 15.0 Å². The van der Waals surface area contributed by atoms with E-state index in [1.807, 2.05) is 60.5 Å². The first-order valence-electron chi connectivity index (χ1n) is 11.5. The van der Waals surface area contributed by atoms with Gasteiger partial charge in [-0.15, -0.1) is 0 Å². The SMILES string of the molecule is CN(Cc1ccccc1)c1ncc(C(=O)NCCC(O)c2cccc(O)c2)c(-c2ccccc2Cl)n1. The topological polar surface area (TPSA) is 98.6 Å². The zero-order valence-electron chi connectivity index (χ0n) is 19.8. The lowest BCUT2D eigenvalue weighted by Crippen LogP contribution is -2.27. The van der Waals surface area contributed by atoms with Gasteiger partial charge in [0.2, 0.25) is 5.95 Å². The molecule has 3 N–H and O–H groups in total. The number of nitrogens with zero attached hydrogens (tertiary/aromatic N) is 3. The van der Waals surface area contributed by atoms with Crippen LogP contribution in [0.3, 0.4) is 0 Å². The Morgan fingerprint density at radius 2 is 1.81 bits per heavy atom. The average molecular weight is 503 g/mol. The summed E-state index contributed by atoms with van der Waals surface area (Å²) in [5.74, 6) is 0.171. The summed E-state index contributed by atoms with van der Waals surface area (Å²) in [6.07, 6.45) is 0.949. The van der Waals surface area contributed by atoms with Gasteiger partial charge < -0.3 is 20.4 Å². The minimum Gasteiger partial charge on any atom is -0.508 e. The van der Waals surface area contributed by atoms with Crippen molar-refractivity contribution in [3.8, 4) is 17.0 Å². The highest BCUT2D eigenvalue weighted by Gasteiger charge is 2.20. The number of amides is 1. The number of phenolic OH excluding ortho intramolecular Hbond substituents is 1. The molecule has 7 nitrogen and oxygen atoms in total. The number of hydrogen-bond donors (Lipinski definition) is 3. The van der Waals surface area contributed by atoms with Crippen molar-refractivity contribution >= 4 is 23.5 Å². The Labute approximate surface area is 215 Å². The van der Waals surface area contributed by atoms with E-state index in [2.05, 4.69) is 10.3 Å². The van der Waals surface area contributed by atoms with E-state index in [1.54, 1.807) is 18.2 Å². The Balaban J connectivity index is 1.54. The molecule has 0 saturated carbocycles. The van der Waals surface area contributed by atoms with Crippen LogP contribution in [0.5, 0.6) is 5.75 Å². The quantitative estimate of drug-likeness (QED) is 0.298. The molecule has 4 aromatic rings. The minimum atomic E-state index is -0.828. The summed E-state index contributed by atoms with van der Waals surface area (Å²) in [4.78, 5) is 24.2. The molecule has 3 aromatic carbocycles. The van der Waals surface area contributed by atoms with Crippen LogP contribution >= 0.6 is 11.6 Å². The molecule has 0 aliphatic heterocycles. The van der Waals surface area contributed by atoms with Gasteiger partial charge in [0.1, 0.15) is 5.75 Å². The first kappa shape index (κ1) is 25.2. The second-order valence-corrected chi connectivity index (χ2v) is 8.82. The monoisotopic (exact) mass is 502 g/mol. The van der Waals surface area contributed by atoms with Crippen molar-refractivity contribution in [2.45, 2.75) is 19.1 Å². The van der Waals surface area contributed by atoms with E-state index in [4.69, 9.17) is 16.6 Å². The number of benzene rings is 3. The number of carbonyl (C=O) groups excluding carboxylic acids is 1. The molecule has 1 aromatic heterocycles. The molecule has 1 heterocycles. The zero-order chi connectivity index (χ0) is 25.5. The van der Waals surface area contributed by atoms with Gasteiger partial charge in [-0.05, 0) is 35.7 Å². The van der Waals surface area contributed by atoms with Crippen molar-refractivity contribution in [2.75, 3.05) is 18.5 Å². The fourth-order valence-electron chi connectivity index (χ4n) is 3.83. The fraction of sp³-hybridized carbons (Fsp3) is 0.179. The van der Waals surface area contributed by atoms with Crippen molar-refractivity contribution in [3.63, 3.8) is 0 Å². The molecule has 36 heavy (non-hydrogen) atoms. The number of anilines is 1. The highest BCUT2D eigenvalue weighted by molar-refractivity contribution is 6.33. The largest absolute Gasteiger partial charge is 0.508 e. The van der Waals surface area contributed by atoms with E-state index < -0.39 is 6.10 Å². The molecular weight excluding hydrogens is 476 g/mol. The molecule has 0 bridgehead atoms. The van der Waals surface area contributed by atoms with Gasteiger partial charge in [0.15, 0.2) is 0 Å². The lowest BCUT2D eigenvalue weighted by molar-refractivity contribution is 0.0942. The van der Waals surface area contributed by atoms with Crippen LogP contribution in [0, 0.1) is 0 Å². The second kappa shape index (κ2) is 11.7. The van der Waals surface area contributed by atoms with Crippen LogP contribution in [-0.4, -0.2) is 39.7 Å². The third-order valence-corrected chi connectivity index (χ3v) is 6.04. The fourth-order valence-corrected chi connectivity index (χ4v) is 4.05. The number of rotatable bonds is 9. The van der Waals surface area contributed by atoms with Crippen molar-refractivity contribution in [2.24, 2.45) is 0 Å². The summed E-state index contributed by atoms with van der Waals surface area (Å²) in [6.45, 7) is 0.814. The van der Waals surface area contributed by atoms with E-state index in [1.165, 1.54) is 18.3 Å². The number of aliphatic hydroxyl groups excluding tert-OH is 1. The van der Waals surface area contributed by atoms with Crippen molar-refractivity contribution in [1.29, 1.82) is 0 Å². The normalized spacial score (nSPS) is 11.6. The van der Waals surface area contributed by atoms with E-state index in [0.717, 1.165) is 5.56 Å². The maximum absolute atomic E-state index is 13.1. The van der Waals surface area contributed by atoms with Crippen LogP contribution in [0.15, 0.2) is 85.1 Å². The Morgan fingerprint density at radius 1 is 1.06 bits per heavy atom.